The predicted molar refractivity (Wildman–Crippen MR) is 125 cm³/mol. The Balaban J connectivity index is 0.00000312. The Kier molecular flexibility index (Phi) is 13.6. The van der Waals surface area contributed by atoms with E-state index in [1.807, 2.05) is 21.6 Å². The maximum absolute atomic E-state index is 2.27. The number of benzene rings is 2. The van der Waals surface area contributed by atoms with Crippen molar-refractivity contribution in [1.29, 1.82) is 0 Å². The van der Waals surface area contributed by atoms with Gasteiger partial charge in [-0.25, -0.2) is 0 Å². The molecular weight excluding hydrogens is 403 g/mol. The molecule has 0 radical (unpaired) electrons. The van der Waals surface area contributed by atoms with Crippen molar-refractivity contribution in [2.45, 2.75) is 10.5 Å². The first-order valence-electron chi connectivity index (χ1n) is 8.27. The third-order valence-electron chi connectivity index (χ3n) is 3.69. The quantitative estimate of drug-likeness (QED) is 0.460. The van der Waals surface area contributed by atoms with E-state index in [0.717, 1.165) is 13.1 Å². The summed E-state index contributed by atoms with van der Waals surface area (Å²) in [7, 11) is 12.6. The lowest BCUT2D eigenvalue weighted by molar-refractivity contribution is 0.409. The number of nitrogens with zero attached hydrogens (tertiary/aromatic N) is 2. The summed E-state index contributed by atoms with van der Waals surface area (Å²) in [5.74, 6) is 0. The zero-order valence-corrected chi connectivity index (χ0v) is 19.1. The van der Waals surface area contributed by atoms with Crippen LogP contribution in [0.3, 0.4) is 0 Å². The highest BCUT2D eigenvalue weighted by atomic mass is 35.5. The molecule has 0 heterocycles. The van der Waals surface area contributed by atoms with E-state index in [4.69, 9.17) is 0 Å². The lowest BCUT2D eigenvalue weighted by Gasteiger charge is -2.25. The Morgan fingerprint density at radius 1 is 0.615 bits per heavy atom. The molecule has 0 N–H and O–H groups in total. The highest BCUT2D eigenvalue weighted by Crippen LogP contribution is 2.46. The van der Waals surface area contributed by atoms with Crippen LogP contribution < -0.4 is 0 Å². The molecular formula is C20H30Cl2N2S2. The van der Waals surface area contributed by atoms with Crippen molar-refractivity contribution in [3.63, 3.8) is 0 Å². The molecule has 0 aliphatic carbocycles. The van der Waals surface area contributed by atoms with Crippen LogP contribution in [0.1, 0.15) is 21.6 Å². The summed E-state index contributed by atoms with van der Waals surface area (Å²) >= 11 is 0. The lowest BCUT2D eigenvalue weighted by atomic mass is 10.1. The third-order valence-corrected chi connectivity index (χ3v) is 6.84. The van der Waals surface area contributed by atoms with Gasteiger partial charge in [-0.2, -0.15) is 0 Å². The summed E-state index contributed by atoms with van der Waals surface area (Å²) in [4.78, 5) is 4.55. The summed E-state index contributed by atoms with van der Waals surface area (Å²) in [5.41, 5.74) is 2.81. The Hall–Kier alpha value is -0.360. The van der Waals surface area contributed by atoms with E-state index >= 15 is 0 Å². The molecule has 0 aliphatic rings. The molecule has 26 heavy (non-hydrogen) atoms. The molecule has 6 heteroatoms. The maximum atomic E-state index is 2.27. The SMILES string of the molecule is CN(C)C[C@@H](SS[C@H](CN(C)C)c1ccccc1)c1ccccc1.Cl.Cl. The van der Waals surface area contributed by atoms with Gasteiger partial charge in [0.25, 0.3) is 0 Å². The van der Waals surface area contributed by atoms with Crippen LogP contribution in [0.2, 0.25) is 0 Å². The summed E-state index contributed by atoms with van der Waals surface area (Å²) in [6.45, 7) is 2.09. The zero-order chi connectivity index (χ0) is 17.4. The second-order valence-electron chi connectivity index (χ2n) is 6.52. The van der Waals surface area contributed by atoms with Gasteiger partial charge in [0.2, 0.25) is 0 Å². The van der Waals surface area contributed by atoms with Crippen molar-refractivity contribution >= 4 is 46.4 Å². The van der Waals surface area contributed by atoms with E-state index < -0.39 is 0 Å². The van der Waals surface area contributed by atoms with Crippen molar-refractivity contribution < 1.29 is 0 Å². The third kappa shape index (κ3) is 9.03. The summed E-state index contributed by atoms with van der Waals surface area (Å²) in [6, 6.07) is 21.7. The van der Waals surface area contributed by atoms with Gasteiger partial charge in [0, 0.05) is 13.1 Å². The topological polar surface area (TPSA) is 6.48 Å². The van der Waals surface area contributed by atoms with Gasteiger partial charge >= 0.3 is 0 Å². The van der Waals surface area contributed by atoms with Gasteiger partial charge in [-0.15, -0.1) is 24.8 Å². The Bertz CT molecular complexity index is 529. The van der Waals surface area contributed by atoms with Crippen LogP contribution in [-0.4, -0.2) is 51.1 Å². The van der Waals surface area contributed by atoms with E-state index in [2.05, 4.69) is 98.7 Å². The van der Waals surface area contributed by atoms with E-state index in [1.54, 1.807) is 0 Å². The first kappa shape index (κ1) is 25.6. The summed E-state index contributed by atoms with van der Waals surface area (Å²) in [5, 5.41) is 0.944. The molecule has 2 rings (SSSR count). The minimum atomic E-state index is 0. The van der Waals surface area contributed by atoms with Gasteiger partial charge in [-0.1, -0.05) is 82.3 Å². The van der Waals surface area contributed by atoms with Crippen LogP contribution in [0, 0.1) is 0 Å². The zero-order valence-electron chi connectivity index (χ0n) is 15.9. The van der Waals surface area contributed by atoms with Crippen LogP contribution in [-0.2, 0) is 0 Å². The van der Waals surface area contributed by atoms with Crippen molar-refractivity contribution in [3.05, 3.63) is 71.8 Å². The van der Waals surface area contributed by atoms with Crippen molar-refractivity contribution in [3.8, 4) is 0 Å². The number of rotatable bonds is 9. The molecule has 0 spiro atoms. The summed E-state index contributed by atoms with van der Waals surface area (Å²) in [6.07, 6.45) is 0. The monoisotopic (exact) mass is 432 g/mol. The lowest BCUT2D eigenvalue weighted by Crippen LogP contribution is -2.20. The van der Waals surface area contributed by atoms with Gasteiger partial charge in [-0.3, -0.25) is 0 Å². The molecule has 146 valence electrons. The average Bonchev–Trinajstić information content (AvgIpc) is 2.58. The molecule has 0 bridgehead atoms. The van der Waals surface area contributed by atoms with Crippen LogP contribution in [0.15, 0.2) is 60.7 Å². The molecule has 2 atom stereocenters. The summed E-state index contributed by atoms with van der Waals surface area (Å²) < 4.78 is 0. The van der Waals surface area contributed by atoms with Crippen LogP contribution in [0.25, 0.3) is 0 Å². The Morgan fingerprint density at radius 3 is 1.19 bits per heavy atom. The molecule has 2 aromatic rings. The largest absolute Gasteiger partial charge is 0.308 e. The predicted octanol–water partition coefficient (Wildman–Crippen LogP) is 5.82. The van der Waals surface area contributed by atoms with Crippen molar-refractivity contribution in [2.24, 2.45) is 0 Å². The second kappa shape index (κ2) is 13.8. The Labute approximate surface area is 179 Å². The first-order valence-corrected chi connectivity index (χ1v) is 10.6. The van der Waals surface area contributed by atoms with Gasteiger partial charge in [0.05, 0.1) is 10.5 Å². The average molecular weight is 434 g/mol. The maximum Gasteiger partial charge on any atom is 0.0528 e. The number of hydrogen-bond donors (Lipinski definition) is 0. The van der Waals surface area contributed by atoms with Crippen molar-refractivity contribution in [1.82, 2.24) is 9.80 Å². The number of halogens is 2. The molecule has 0 amide bonds. The van der Waals surface area contributed by atoms with E-state index in [9.17, 15) is 0 Å². The van der Waals surface area contributed by atoms with E-state index in [0.29, 0.717) is 10.5 Å². The second-order valence-corrected chi connectivity index (χ2v) is 9.19. The van der Waals surface area contributed by atoms with Crippen LogP contribution >= 0.6 is 46.4 Å². The normalized spacial score (nSPS) is 13.0. The number of hydrogen-bond acceptors (Lipinski definition) is 4. The fraction of sp³-hybridized carbons (Fsp3) is 0.400. The molecule has 2 nitrogen and oxygen atoms in total. The molecule has 0 aliphatic heterocycles. The smallest absolute Gasteiger partial charge is 0.0528 e. The Morgan fingerprint density at radius 2 is 0.923 bits per heavy atom. The fourth-order valence-electron chi connectivity index (χ4n) is 2.52. The van der Waals surface area contributed by atoms with Gasteiger partial charge < -0.3 is 9.80 Å². The molecule has 0 aromatic heterocycles. The van der Waals surface area contributed by atoms with Crippen LogP contribution in [0.4, 0.5) is 0 Å². The number of likely N-dealkylation sites (N-methyl/N-ethyl adjacent to an activating group) is 2. The standard InChI is InChI=1S/C20H28N2S2.2ClH/c1-21(2)15-19(17-11-7-5-8-12-17)23-24-20(16-22(3)4)18-13-9-6-10-14-18;;/h5-14,19-20H,15-16H2,1-4H3;2*1H/t19-,20-;;/m1../s1. The molecule has 0 saturated carbocycles. The van der Waals surface area contributed by atoms with Crippen LogP contribution in [0.5, 0.6) is 0 Å². The molecule has 0 unspecified atom stereocenters. The fourth-order valence-corrected chi connectivity index (χ4v) is 5.87. The van der Waals surface area contributed by atoms with E-state index in [-0.39, 0.29) is 24.8 Å². The highest BCUT2D eigenvalue weighted by Gasteiger charge is 2.19. The minimum absolute atomic E-state index is 0. The van der Waals surface area contributed by atoms with Gasteiger partial charge in [-0.05, 0) is 39.3 Å². The van der Waals surface area contributed by atoms with E-state index in [1.165, 1.54) is 11.1 Å². The minimum Gasteiger partial charge on any atom is -0.308 e. The van der Waals surface area contributed by atoms with Gasteiger partial charge in [0.1, 0.15) is 0 Å². The van der Waals surface area contributed by atoms with Crippen molar-refractivity contribution in [2.75, 3.05) is 41.3 Å². The first-order chi connectivity index (χ1) is 11.6. The molecule has 0 saturated heterocycles. The van der Waals surface area contributed by atoms with Gasteiger partial charge in [0.15, 0.2) is 0 Å². The highest BCUT2D eigenvalue weighted by molar-refractivity contribution is 8.76. The molecule has 0 fully saturated rings. The molecule has 2 aromatic carbocycles.